The Morgan fingerprint density at radius 1 is 0.710 bits per heavy atom. The van der Waals surface area contributed by atoms with Crippen LogP contribution in [0.1, 0.15) is 19.8 Å². The van der Waals surface area contributed by atoms with Crippen LogP contribution in [0.4, 0.5) is 0 Å². The molecular formula is C24H17NO6. The van der Waals surface area contributed by atoms with Crippen molar-refractivity contribution in [3.05, 3.63) is 77.3 Å². The van der Waals surface area contributed by atoms with Crippen LogP contribution in [0.3, 0.4) is 0 Å². The number of rotatable bonds is 5. The summed E-state index contributed by atoms with van der Waals surface area (Å²) in [5.74, 6) is -1.07. The molecule has 0 amide bonds. The fourth-order valence-electron chi connectivity index (χ4n) is 4.27. The number of hydrogen-bond donors (Lipinski definition) is 2. The van der Waals surface area contributed by atoms with E-state index in [9.17, 15) is 29.4 Å². The Kier molecular flexibility index (Phi) is 3.98. The number of nitrogens with zero attached hydrogens (tertiary/aromatic N) is 1. The van der Waals surface area contributed by atoms with E-state index >= 15 is 0 Å². The third kappa shape index (κ3) is 2.46. The van der Waals surface area contributed by atoms with Crippen LogP contribution >= 0.6 is 0 Å². The number of unbranched alkanes of at least 4 members (excludes halogenated alkanes) is 1. The molecule has 0 aliphatic carbocycles. The Balaban J connectivity index is 1.80. The van der Waals surface area contributed by atoms with Crippen LogP contribution in [0.5, 0.6) is 11.5 Å². The molecule has 0 spiro atoms. The van der Waals surface area contributed by atoms with Crippen LogP contribution in [0, 0.1) is 0 Å². The zero-order valence-corrected chi connectivity index (χ0v) is 16.6. The highest BCUT2D eigenvalue weighted by molar-refractivity contribution is 6.11. The summed E-state index contributed by atoms with van der Waals surface area (Å²) in [5, 5.41) is 21.2. The van der Waals surface area contributed by atoms with Gasteiger partial charge in [-0.3, -0.25) is 19.2 Å². The normalized spacial score (nSPS) is 11.9. The van der Waals surface area contributed by atoms with Crippen molar-refractivity contribution in [3.8, 4) is 33.8 Å². The molecule has 31 heavy (non-hydrogen) atoms. The molecule has 0 radical (unpaired) electrons. The maximum absolute atomic E-state index is 11.9. The van der Waals surface area contributed by atoms with Gasteiger partial charge in [0.15, 0.2) is 11.5 Å². The van der Waals surface area contributed by atoms with E-state index in [1.807, 2.05) is 12.1 Å². The van der Waals surface area contributed by atoms with Gasteiger partial charge in [0, 0.05) is 28.4 Å². The summed E-state index contributed by atoms with van der Waals surface area (Å²) < 4.78 is 2.13. The second kappa shape index (κ2) is 6.50. The van der Waals surface area contributed by atoms with Crippen molar-refractivity contribution in [2.45, 2.75) is 26.3 Å². The lowest BCUT2D eigenvalue weighted by molar-refractivity contribution is 0.465. The third-order valence-corrected chi connectivity index (χ3v) is 5.95. The highest BCUT2D eigenvalue weighted by Gasteiger charge is 2.24. The van der Waals surface area contributed by atoms with Crippen LogP contribution in [-0.4, -0.2) is 14.8 Å². The number of benzene rings is 2. The summed E-state index contributed by atoms with van der Waals surface area (Å²) in [6.07, 6.45) is 1.94. The second-order valence-electron chi connectivity index (χ2n) is 7.73. The van der Waals surface area contributed by atoms with E-state index in [0.717, 1.165) is 41.2 Å². The van der Waals surface area contributed by atoms with E-state index in [0.29, 0.717) is 11.1 Å². The summed E-state index contributed by atoms with van der Waals surface area (Å²) in [7, 11) is 0. The SMILES string of the molecule is CCCCn1c2ccc(-c3c(O)c(=O)c3=O)cc2c2cc(-c3c(O)c(=O)c3=O)ccc21. The van der Waals surface area contributed by atoms with Crippen molar-refractivity contribution in [1.82, 2.24) is 4.57 Å². The van der Waals surface area contributed by atoms with Crippen molar-refractivity contribution < 1.29 is 10.2 Å². The van der Waals surface area contributed by atoms with Gasteiger partial charge in [-0.2, -0.15) is 0 Å². The number of aromatic hydroxyl groups is 2. The van der Waals surface area contributed by atoms with E-state index < -0.39 is 33.2 Å². The molecule has 1 aromatic heterocycles. The maximum Gasteiger partial charge on any atom is 0.268 e. The van der Waals surface area contributed by atoms with Gasteiger partial charge >= 0.3 is 0 Å². The number of fused-ring (bicyclic) bond motifs is 3. The van der Waals surface area contributed by atoms with Gasteiger partial charge < -0.3 is 14.8 Å². The van der Waals surface area contributed by atoms with Crippen molar-refractivity contribution in [2.75, 3.05) is 0 Å². The first-order valence-electron chi connectivity index (χ1n) is 9.96. The molecule has 0 fully saturated rings. The molecule has 0 aliphatic heterocycles. The van der Waals surface area contributed by atoms with Crippen molar-refractivity contribution in [2.24, 2.45) is 0 Å². The molecule has 7 nitrogen and oxygen atoms in total. The maximum atomic E-state index is 11.9. The Bertz CT molecular complexity index is 1550. The van der Waals surface area contributed by atoms with E-state index in [1.165, 1.54) is 0 Å². The average molecular weight is 415 g/mol. The van der Waals surface area contributed by atoms with Gasteiger partial charge in [0.1, 0.15) is 0 Å². The molecule has 0 bridgehead atoms. The number of aromatic nitrogens is 1. The largest absolute Gasteiger partial charge is 0.503 e. The molecular weight excluding hydrogens is 398 g/mol. The monoisotopic (exact) mass is 415 g/mol. The Labute approximate surface area is 174 Å². The van der Waals surface area contributed by atoms with Crippen LogP contribution in [0.15, 0.2) is 55.6 Å². The summed E-state index contributed by atoms with van der Waals surface area (Å²) >= 11 is 0. The Morgan fingerprint density at radius 3 is 1.55 bits per heavy atom. The molecule has 154 valence electrons. The summed E-state index contributed by atoms with van der Waals surface area (Å²) in [6, 6.07) is 10.5. The summed E-state index contributed by atoms with van der Waals surface area (Å²) in [4.78, 5) is 46.8. The molecule has 5 aromatic rings. The quantitative estimate of drug-likeness (QED) is 0.427. The zero-order chi connectivity index (χ0) is 22.0. The number of hydrogen-bond acceptors (Lipinski definition) is 6. The first-order valence-corrected chi connectivity index (χ1v) is 9.96. The zero-order valence-electron chi connectivity index (χ0n) is 16.6. The van der Waals surface area contributed by atoms with Gasteiger partial charge in [0.05, 0.1) is 11.1 Å². The van der Waals surface area contributed by atoms with Gasteiger partial charge in [-0.05, 0) is 41.8 Å². The average Bonchev–Trinajstić information content (AvgIpc) is 3.09. The van der Waals surface area contributed by atoms with E-state index in [2.05, 4.69) is 11.5 Å². The minimum Gasteiger partial charge on any atom is -0.503 e. The Morgan fingerprint density at radius 2 is 1.16 bits per heavy atom. The molecule has 0 unspecified atom stereocenters. The highest BCUT2D eigenvalue weighted by atomic mass is 16.3. The topological polar surface area (TPSA) is 114 Å². The van der Waals surface area contributed by atoms with E-state index in [1.54, 1.807) is 24.3 Å². The summed E-state index contributed by atoms with van der Waals surface area (Å²) in [6.45, 7) is 2.85. The lowest BCUT2D eigenvalue weighted by Gasteiger charge is -2.08. The molecule has 5 rings (SSSR count). The van der Waals surface area contributed by atoms with Gasteiger partial charge in [0.25, 0.3) is 10.9 Å². The standard InChI is InChI=1S/C24H17NO6/c1-2-3-8-25-15-6-4-11(17-19(26)23(30)20(17)27)9-13(15)14-10-12(5-7-16(14)25)18-21(28)24(31)22(18)29/h4-7,9-10,26,28H,2-3,8H2,1H3. The molecule has 0 saturated carbocycles. The second-order valence-corrected chi connectivity index (χ2v) is 7.73. The predicted octanol–water partition coefficient (Wildman–Crippen LogP) is 2.53. The van der Waals surface area contributed by atoms with Crippen LogP contribution < -0.4 is 21.7 Å². The first kappa shape index (κ1) is 19.0. The minimum atomic E-state index is -0.890. The molecule has 2 N–H and O–H groups in total. The van der Waals surface area contributed by atoms with E-state index in [-0.39, 0.29) is 11.1 Å². The third-order valence-electron chi connectivity index (χ3n) is 5.95. The van der Waals surface area contributed by atoms with E-state index in [4.69, 9.17) is 0 Å². The minimum absolute atomic E-state index is 0.00219. The molecule has 0 aliphatic rings. The Hall–Kier alpha value is -4.00. The van der Waals surface area contributed by atoms with Crippen molar-refractivity contribution in [1.29, 1.82) is 0 Å². The van der Waals surface area contributed by atoms with Gasteiger partial charge in [-0.1, -0.05) is 25.5 Å². The predicted molar refractivity (Wildman–Crippen MR) is 118 cm³/mol. The molecule has 7 heteroatoms. The molecule has 0 atom stereocenters. The van der Waals surface area contributed by atoms with Gasteiger partial charge in [-0.25, -0.2) is 0 Å². The van der Waals surface area contributed by atoms with Gasteiger partial charge in [0.2, 0.25) is 10.9 Å². The van der Waals surface area contributed by atoms with Crippen molar-refractivity contribution >= 4 is 21.8 Å². The molecule has 4 aromatic carbocycles. The lowest BCUT2D eigenvalue weighted by Crippen LogP contribution is -2.31. The summed E-state index contributed by atoms with van der Waals surface area (Å²) in [5.41, 5.74) is -0.555. The van der Waals surface area contributed by atoms with Crippen molar-refractivity contribution in [3.63, 3.8) is 0 Å². The fourth-order valence-corrected chi connectivity index (χ4v) is 4.27. The number of aryl methyl sites for hydroxylation is 1. The molecule has 0 saturated heterocycles. The first-order chi connectivity index (χ1) is 14.8. The van der Waals surface area contributed by atoms with Crippen LogP contribution in [-0.2, 0) is 6.54 Å². The lowest BCUT2D eigenvalue weighted by atomic mass is 9.96. The molecule has 1 heterocycles. The smallest absolute Gasteiger partial charge is 0.268 e. The van der Waals surface area contributed by atoms with Crippen LogP contribution in [0.2, 0.25) is 0 Å². The highest BCUT2D eigenvalue weighted by Crippen LogP contribution is 2.37. The fraction of sp³-hybridized carbons (Fsp3) is 0.167. The van der Waals surface area contributed by atoms with Crippen LogP contribution in [0.25, 0.3) is 44.1 Å². The van der Waals surface area contributed by atoms with Gasteiger partial charge in [-0.15, -0.1) is 0 Å².